The van der Waals surface area contributed by atoms with Gasteiger partial charge in [-0.25, -0.2) is 4.39 Å². The highest BCUT2D eigenvalue weighted by Gasteiger charge is 2.23. The molecule has 1 aromatic heterocycles. The zero-order valence-corrected chi connectivity index (χ0v) is 14.9. The average molecular weight is 368 g/mol. The number of rotatable bonds is 6. The molecule has 0 saturated carbocycles. The second-order valence-electron chi connectivity index (χ2n) is 5.64. The molecule has 0 bridgehead atoms. The molecule has 0 unspecified atom stereocenters. The molecule has 0 fully saturated rings. The maximum atomic E-state index is 13.0. The minimum atomic E-state index is -0.602. The number of nitrogens with zero attached hydrogens (tertiary/aromatic N) is 2. The van der Waals surface area contributed by atoms with Crippen molar-refractivity contribution < 1.29 is 18.7 Å². The normalized spacial score (nSPS) is 11.9. The van der Waals surface area contributed by atoms with Crippen LogP contribution >= 0.6 is 11.6 Å². The number of methoxy groups -OCH3 is 1. The van der Waals surface area contributed by atoms with Gasteiger partial charge < -0.3 is 10.1 Å². The molecule has 0 aliphatic heterocycles. The number of amides is 1. The molecule has 2 rings (SSSR count). The Morgan fingerprint density at radius 2 is 2.00 bits per heavy atom. The first-order chi connectivity index (χ1) is 11.8. The fraction of sp³-hybridized carbons (Fsp3) is 0.353. The summed E-state index contributed by atoms with van der Waals surface area (Å²) in [6, 6.07) is 5.83. The van der Waals surface area contributed by atoms with Gasteiger partial charge in [-0.1, -0.05) is 23.7 Å². The Kier molecular flexibility index (Phi) is 6.14. The second-order valence-corrected chi connectivity index (χ2v) is 5.99. The molecule has 134 valence electrons. The summed E-state index contributed by atoms with van der Waals surface area (Å²) in [5.74, 6) is -1.83. The third-order valence-corrected chi connectivity index (χ3v) is 4.25. The number of carbonyl (C=O) groups is 2. The van der Waals surface area contributed by atoms with Gasteiger partial charge in [-0.15, -0.1) is 0 Å². The summed E-state index contributed by atoms with van der Waals surface area (Å²) in [7, 11) is 2.92. The number of hydrogen-bond acceptors (Lipinski definition) is 4. The monoisotopic (exact) mass is 367 g/mol. The maximum absolute atomic E-state index is 13.0. The maximum Gasteiger partial charge on any atom is 0.310 e. The zero-order chi connectivity index (χ0) is 18.6. The largest absolute Gasteiger partial charge is 0.469 e. The van der Waals surface area contributed by atoms with Crippen molar-refractivity contribution in [3.8, 4) is 0 Å². The van der Waals surface area contributed by atoms with Crippen LogP contribution in [0.5, 0.6) is 0 Å². The fourth-order valence-electron chi connectivity index (χ4n) is 2.50. The number of halogens is 2. The molecule has 1 aromatic carbocycles. The van der Waals surface area contributed by atoms with Crippen LogP contribution in [0.25, 0.3) is 0 Å². The summed E-state index contributed by atoms with van der Waals surface area (Å²) >= 11 is 6.07. The fourth-order valence-corrected chi connectivity index (χ4v) is 2.76. The predicted octanol–water partition coefficient (Wildman–Crippen LogP) is 2.28. The zero-order valence-electron chi connectivity index (χ0n) is 14.2. The SMILES string of the molecule is COC(=O)[C@H](CNC(=O)c1c(C)nn(C)c1Cl)Cc1ccc(F)cc1. The Morgan fingerprint density at radius 3 is 2.52 bits per heavy atom. The van der Waals surface area contributed by atoms with Crippen molar-refractivity contribution in [2.45, 2.75) is 13.3 Å². The number of aromatic nitrogens is 2. The third-order valence-electron chi connectivity index (χ3n) is 3.82. The number of esters is 1. The van der Waals surface area contributed by atoms with E-state index in [-0.39, 0.29) is 23.1 Å². The summed E-state index contributed by atoms with van der Waals surface area (Å²) in [6.45, 7) is 1.74. The van der Waals surface area contributed by atoms with Gasteiger partial charge in [0.25, 0.3) is 5.91 Å². The van der Waals surface area contributed by atoms with Gasteiger partial charge in [-0.2, -0.15) is 5.10 Å². The lowest BCUT2D eigenvalue weighted by molar-refractivity contribution is -0.145. The van der Waals surface area contributed by atoms with E-state index in [4.69, 9.17) is 16.3 Å². The highest BCUT2D eigenvalue weighted by atomic mass is 35.5. The van der Waals surface area contributed by atoms with Gasteiger partial charge in [0.1, 0.15) is 11.0 Å². The van der Waals surface area contributed by atoms with E-state index in [0.717, 1.165) is 5.56 Å². The highest BCUT2D eigenvalue weighted by molar-refractivity contribution is 6.33. The van der Waals surface area contributed by atoms with Gasteiger partial charge in [0, 0.05) is 13.6 Å². The van der Waals surface area contributed by atoms with Gasteiger partial charge in [0.2, 0.25) is 0 Å². The average Bonchev–Trinajstić information content (AvgIpc) is 2.84. The Hall–Kier alpha value is -2.41. The summed E-state index contributed by atoms with van der Waals surface area (Å²) in [6.07, 6.45) is 0.312. The van der Waals surface area contributed by atoms with E-state index in [1.807, 2.05) is 0 Å². The van der Waals surface area contributed by atoms with Crippen LogP contribution in [0.15, 0.2) is 24.3 Å². The van der Waals surface area contributed by atoms with Crippen molar-refractivity contribution in [2.24, 2.45) is 13.0 Å². The van der Waals surface area contributed by atoms with Crippen LogP contribution in [0.2, 0.25) is 5.15 Å². The molecule has 0 spiro atoms. The molecule has 1 heterocycles. The van der Waals surface area contributed by atoms with Crippen molar-refractivity contribution in [3.05, 3.63) is 52.1 Å². The number of ether oxygens (including phenoxy) is 1. The Balaban J connectivity index is 2.08. The lowest BCUT2D eigenvalue weighted by atomic mass is 9.99. The number of aryl methyl sites for hydroxylation is 2. The summed E-state index contributed by atoms with van der Waals surface area (Å²) < 4.78 is 19.2. The van der Waals surface area contributed by atoms with E-state index < -0.39 is 17.8 Å². The van der Waals surface area contributed by atoms with Crippen molar-refractivity contribution in [2.75, 3.05) is 13.7 Å². The van der Waals surface area contributed by atoms with Gasteiger partial charge in [0.05, 0.1) is 24.3 Å². The first-order valence-corrected chi connectivity index (χ1v) is 8.00. The van der Waals surface area contributed by atoms with E-state index in [2.05, 4.69) is 10.4 Å². The molecule has 0 radical (unpaired) electrons. The lowest BCUT2D eigenvalue weighted by Gasteiger charge is -2.15. The molecular weight excluding hydrogens is 349 g/mol. The Morgan fingerprint density at radius 1 is 1.36 bits per heavy atom. The number of carbonyl (C=O) groups excluding carboxylic acids is 2. The number of nitrogens with one attached hydrogen (secondary N) is 1. The molecule has 0 aliphatic carbocycles. The summed E-state index contributed by atoms with van der Waals surface area (Å²) in [5, 5.41) is 7.00. The van der Waals surface area contributed by atoms with Crippen LogP contribution in [-0.2, 0) is 23.0 Å². The molecule has 1 amide bonds. The number of benzene rings is 1. The summed E-state index contributed by atoms with van der Waals surface area (Å²) in [4.78, 5) is 24.3. The first-order valence-electron chi connectivity index (χ1n) is 7.63. The van der Waals surface area contributed by atoms with Gasteiger partial charge in [-0.05, 0) is 31.0 Å². The Bertz CT molecular complexity index is 774. The van der Waals surface area contributed by atoms with E-state index in [1.165, 1.54) is 23.9 Å². The quantitative estimate of drug-likeness (QED) is 0.795. The second kappa shape index (κ2) is 8.11. The minimum Gasteiger partial charge on any atom is -0.469 e. The molecule has 8 heteroatoms. The van der Waals surface area contributed by atoms with Crippen LogP contribution in [0.4, 0.5) is 4.39 Å². The van der Waals surface area contributed by atoms with E-state index in [0.29, 0.717) is 12.1 Å². The molecule has 6 nitrogen and oxygen atoms in total. The van der Waals surface area contributed by atoms with Crippen LogP contribution in [-0.4, -0.2) is 35.3 Å². The van der Waals surface area contributed by atoms with Crippen LogP contribution in [0.1, 0.15) is 21.6 Å². The van der Waals surface area contributed by atoms with Crippen molar-refractivity contribution in [3.63, 3.8) is 0 Å². The topological polar surface area (TPSA) is 73.2 Å². The molecule has 2 aromatic rings. The van der Waals surface area contributed by atoms with Crippen LogP contribution in [0.3, 0.4) is 0 Å². The summed E-state index contributed by atoms with van der Waals surface area (Å²) in [5.41, 5.74) is 1.54. The van der Waals surface area contributed by atoms with E-state index >= 15 is 0 Å². The van der Waals surface area contributed by atoms with Gasteiger partial charge >= 0.3 is 5.97 Å². The smallest absolute Gasteiger partial charge is 0.310 e. The van der Waals surface area contributed by atoms with Crippen LogP contribution < -0.4 is 5.32 Å². The predicted molar refractivity (Wildman–Crippen MR) is 90.9 cm³/mol. The Labute approximate surface area is 149 Å². The van der Waals surface area contributed by atoms with Gasteiger partial charge in [-0.3, -0.25) is 14.3 Å². The van der Waals surface area contributed by atoms with Crippen molar-refractivity contribution in [1.82, 2.24) is 15.1 Å². The van der Waals surface area contributed by atoms with Crippen LogP contribution in [0, 0.1) is 18.7 Å². The molecule has 1 N–H and O–H groups in total. The standard InChI is InChI=1S/C17H19ClFN3O3/c1-10-14(15(18)22(2)21-10)16(23)20-9-12(17(24)25-3)8-11-4-6-13(19)7-5-11/h4-7,12H,8-9H2,1-3H3,(H,20,23)/t12-/m0/s1. The lowest BCUT2D eigenvalue weighted by Crippen LogP contribution is -2.35. The minimum absolute atomic E-state index is 0.0630. The first kappa shape index (κ1) is 18.9. The highest BCUT2D eigenvalue weighted by Crippen LogP contribution is 2.18. The van der Waals surface area contributed by atoms with E-state index in [9.17, 15) is 14.0 Å². The molecule has 25 heavy (non-hydrogen) atoms. The number of hydrogen-bond donors (Lipinski definition) is 1. The molecular formula is C17H19ClFN3O3. The van der Waals surface area contributed by atoms with Gasteiger partial charge in [0.15, 0.2) is 0 Å². The molecule has 0 saturated heterocycles. The van der Waals surface area contributed by atoms with Crippen molar-refractivity contribution in [1.29, 1.82) is 0 Å². The molecule has 0 aliphatic rings. The van der Waals surface area contributed by atoms with Crippen molar-refractivity contribution >= 4 is 23.5 Å². The third kappa shape index (κ3) is 4.57. The molecule has 1 atom stereocenters. The van der Waals surface area contributed by atoms with E-state index in [1.54, 1.807) is 26.1 Å².